The van der Waals surface area contributed by atoms with Gasteiger partial charge in [0.15, 0.2) is 5.82 Å². The Balaban J connectivity index is 2.20. The number of nitrogen functional groups attached to an aromatic ring is 1. The summed E-state index contributed by atoms with van der Waals surface area (Å²) in [7, 11) is 0. The Labute approximate surface area is 113 Å². The number of halogens is 2. The Hall–Kier alpha value is -1.63. The van der Waals surface area contributed by atoms with Gasteiger partial charge in [0.1, 0.15) is 11.6 Å². The van der Waals surface area contributed by atoms with E-state index >= 15 is 0 Å². The summed E-state index contributed by atoms with van der Waals surface area (Å²) in [6.07, 6.45) is 1.05. The van der Waals surface area contributed by atoms with Crippen molar-refractivity contribution in [2.24, 2.45) is 0 Å². The van der Waals surface area contributed by atoms with E-state index in [0.717, 1.165) is 18.2 Å². The zero-order valence-electron chi connectivity index (χ0n) is 10.3. The Morgan fingerprint density at radius 1 is 1.32 bits per heavy atom. The van der Waals surface area contributed by atoms with Crippen LogP contribution in [0.1, 0.15) is 19.2 Å². The molecule has 102 valence electrons. The van der Waals surface area contributed by atoms with Crippen molar-refractivity contribution in [1.82, 2.24) is 10.1 Å². The standard InChI is InChI=1S/C12H13F2N3OS/c1-2-3-19-6-11-16-12(18-17-11)7-4-10(15)9(14)5-8(7)13/h4-5H,2-3,6,15H2,1H3. The van der Waals surface area contributed by atoms with E-state index in [-0.39, 0.29) is 17.1 Å². The number of anilines is 1. The first-order chi connectivity index (χ1) is 9.11. The lowest BCUT2D eigenvalue weighted by atomic mass is 10.2. The van der Waals surface area contributed by atoms with Gasteiger partial charge in [-0.05, 0) is 18.2 Å². The van der Waals surface area contributed by atoms with Crippen LogP contribution in [-0.4, -0.2) is 15.9 Å². The Bertz CT molecular complexity index is 574. The van der Waals surface area contributed by atoms with Gasteiger partial charge in [-0.15, -0.1) is 0 Å². The summed E-state index contributed by atoms with van der Waals surface area (Å²) in [5.74, 6) is 0.492. The van der Waals surface area contributed by atoms with Gasteiger partial charge in [-0.2, -0.15) is 16.7 Å². The second-order valence-electron chi connectivity index (χ2n) is 3.92. The van der Waals surface area contributed by atoms with Gasteiger partial charge in [0.2, 0.25) is 0 Å². The van der Waals surface area contributed by atoms with Gasteiger partial charge in [-0.1, -0.05) is 12.1 Å². The summed E-state index contributed by atoms with van der Waals surface area (Å²) in [4.78, 5) is 4.07. The first-order valence-corrected chi connectivity index (χ1v) is 6.92. The van der Waals surface area contributed by atoms with Crippen molar-refractivity contribution in [2.75, 3.05) is 11.5 Å². The zero-order valence-corrected chi connectivity index (χ0v) is 11.1. The highest BCUT2D eigenvalue weighted by Crippen LogP contribution is 2.26. The molecule has 2 aromatic rings. The lowest BCUT2D eigenvalue weighted by Gasteiger charge is -2.00. The summed E-state index contributed by atoms with van der Waals surface area (Å²) >= 11 is 1.66. The Morgan fingerprint density at radius 2 is 2.11 bits per heavy atom. The van der Waals surface area contributed by atoms with Gasteiger partial charge in [0, 0.05) is 6.07 Å². The zero-order chi connectivity index (χ0) is 13.8. The molecular weight excluding hydrogens is 272 g/mol. The molecule has 0 saturated carbocycles. The van der Waals surface area contributed by atoms with E-state index in [2.05, 4.69) is 17.1 Å². The van der Waals surface area contributed by atoms with Crippen LogP contribution in [0.4, 0.5) is 14.5 Å². The lowest BCUT2D eigenvalue weighted by molar-refractivity contribution is 0.422. The fraction of sp³-hybridized carbons (Fsp3) is 0.333. The van der Waals surface area contributed by atoms with Crippen molar-refractivity contribution in [2.45, 2.75) is 19.1 Å². The fourth-order valence-electron chi connectivity index (χ4n) is 1.46. The molecule has 1 heterocycles. The summed E-state index contributed by atoms with van der Waals surface area (Å²) < 4.78 is 31.6. The molecule has 0 aliphatic rings. The molecule has 2 rings (SSSR count). The van der Waals surface area contributed by atoms with Crippen molar-refractivity contribution in [1.29, 1.82) is 0 Å². The van der Waals surface area contributed by atoms with Crippen LogP contribution >= 0.6 is 11.8 Å². The van der Waals surface area contributed by atoms with Crippen LogP contribution in [0, 0.1) is 11.6 Å². The predicted molar refractivity (Wildman–Crippen MR) is 70.5 cm³/mol. The maximum atomic E-state index is 13.6. The monoisotopic (exact) mass is 285 g/mol. The molecule has 0 saturated heterocycles. The molecule has 0 amide bonds. The van der Waals surface area contributed by atoms with E-state index in [9.17, 15) is 8.78 Å². The SMILES string of the molecule is CCCSCc1noc(-c2cc(N)c(F)cc2F)n1. The van der Waals surface area contributed by atoms with Crippen LogP contribution in [-0.2, 0) is 5.75 Å². The third-order valence-electron chi connectivity index (χ3n) is 2.36. The average Bonchev–Trinajstić information content (AvgIpc) is 2.83. The van der Waals surface area contributed by atoms with Crippen molar-refractivity contribution in [3.63, 3.8) is 0 Å². The van der Waals surface area contributed by atoms with Gasteiger partial charge in [0.05, 0.1) is 17.0 Å². The molecule has 1 aromatic heterocycles. The molecule has 0 radical (unpaired) electrons. The highest BCUT2D eigenvalue weighted by Gasteiger charge is 2.16. The summed E-state index contributed by atoms with van der Waals surface area (Å²) in [6.45, 7) is 2.07. The van der Waals surface area contributed by atoms with Crippen LogP contribution < -0.4 is 5.73 Å². The van der Waals surface area contributed by atoms with Crippen LogP contribution in [0.5, 0.6) is 0 Å². The number of nitrogens with two attached hydrogens (primary N) is 1. The number of rotatable bonds is 5. The first kappa shape index (κ1) is 13.8. The van der Waals surface area contributed by atoms with Crippen LogP contribution in [0.3, 0.4) is 0 Å². The number of nitrogens with zero attached hydrogens (tertiary/aromatic N) is 2. The largest absolute Gasteiger partial charge is 0.396 e. The quantitative estimate of drug-likeness (QED) is 0.675. The van der Waals surface area contributed by atoms with Crippen LogP contribution in [0.25, 0.3) is 11.5 Å². The van der Waals surface area contributed by atoms with E-state index in [4.69, 9.17) is 10.3 Å². The van der Waals surface area contributed by atoms with Crippen LogP contribution in [0.2, 0.25) is 0 Å². The molecule has 0 fully saturated rings. The van der Waals surface area contributed by atoms with Gasteiger partial charge in [-0.3, -0.25) is 0 Å². The minimum Gasteiger partial charge on any atom is -0.396 e. The second-order valence-corrected chi connectivity index (χ2v) is 5.03. The van der Waals surface area contributed by atoms with E-state index in [0.29, 0.717) is 17.6 Å². The molecule has 2 N–H and O–H groups in total. The maximum Gasteiger partial charge on any atom is 0.261 e. The van der Waals surface area contributed by atoms with Crippen molar-refractivity contribution < 1.29 is 13.3 Å². The fourth-order valence-corrected chi connectivity index (χ4v) is 2.19. The molecule has 0 aliphatic heterocycles. The second kappa shape index (κ2) is 6.01. The topological polar surface area (TPSA) is 64.9 Å². The molecule has 4 nitrogen and oxygen atoms in total. The third-order valence-corrected chi connectivity index (χ3v) is 3.52. The molecule has 0 atom stereocenters. The van der Waals surface area contributed by atoms with Gasteiger partial charge < -0.3 is 10.3 Å². The van der Waals surface area contributed by atoms with Gasteiger partial charge >= 0.3 is 0 Å². The minimum absolute atomic E-state index is 0.0105. The average molecular weight is 285 g/mol. The molecule has 0 aliphatic carbocycles. The smallest absolute Gasteiger partial charge is 0.261 e. The Morgan fingerprint density at radius 3 is 2.84 bits per heavy atom. The first-order valence-electron chi connectivity index (χ1n) is 5.77. The number of hydrogen-bond acceptors (Lipinski definition) is 5. The summed E-state index contributed by atoms with van der Waals surface area (Å²) in [5, 5.41) is 3.75. The van der Waals surface area contributed by atoms with E-state index in [1.54, 1.807) is 11.8 Å². The van der Waals surface area contributed by atoms with Crippen molar-refractivity contribution in [3.05, 3.63) is 29.6 Å². The maximum absolute atomic E-state index is 13.6. The van der Waals surface area contributed by atoms with Crippen molar-refractivity contribution in [3.8, 4) is 11.5 Å². The minimum atomic E-state index is -0.806. The number of aromatic nitrogens is 2. The molecular formula is C12H13F2N3OS. The normalized spacial score (nSPS) is 10.9. The third kappa shape index (κ3) is 3.23. The van der Waals surface area contributed by atoms with E-state index < -0.39 is 11.6 Å². The number of benzene rings is 1. The molecule has 0 unspecified atom stereocenters. The van der Waals surface area contributed by atoms with E-state index in [1.807, 2.05) is 0 Å². The molecule has 0 spiro atoms. The van der Waals surface area contributed by atoms with Crippen molar-refractivity contribution >= 4 is 17.4 Å². The molecule has 19 heavy (non-hydrogen) atoms. The Kier molecular flexibility index (Phi) is 4.36. The highest BCUT2D eigenvalue weighted by molar-refractivity contribution is 7.98. The van der Waals surface area contributed by atoms with Crippen LogP contribution in [0.15, 0.2) is 16.7 Å². The summed E-state index contributed by atoms with van der Waals surface area (Å²) in [5.41, 5.74) is 5.25. The lowest BCUT2D eigenvalue weighted by Crippen LogP contribution is -1.95. The predicted octanol–water partition coefficient (Wildman–Crippen LogP) is 3.24. The molecule has 1 aromatic carbocycles. The van der Waals surface area contributed by atoms with Gasteiger partial charge in [-0.25, -0.2) is 8.78 Å². The number of hydrogen-bond donors (Lipinski definition) is 1. The molecule has 7 heteroatoms. The summed E-state index contributed by atoms with van der Waals surface area (Å²) in [6, 6.07) is 1.86. The van der Waals surface area contributed by atoms with Gasteiger partial charge in [0.25, 0.3) is 5.89 Å². The molecule has 0 bridgehead atoms. The number of thioether (sulfide) groups is 1. The highest BCUT2D eigenvalue weighted by atomic mass is 32.2. The van der Waals surface area contributed by atoms with E-state index in [1.165, 1.54) is 0 Å².